The fourth-order valence-electron chi connectivity index (χ4n) is 2.70. The predicted octanol–water partition coefficient (Wildman–Crippen LogP) is 2.94. The number of fused-ring (bicyclic) bond motifs is 1. The Morgan fingerprint density at radius 2 is 1.92 bits per heavy atom. The van der Waals surface area contributed by atoms with Crippen molar-refractivity contribution in [3.8, 4) is 5.75 Å². The molecule has 2 aromatic carbocycles. The minimum absolute atomic E-state index is 0.138. The molecule has 0 aliphatic heterocycles. The highest BCUT2D eigenvalue weighted by Gasteiger charge is 2.30. The molecule has 0 saturated heterocycles. The number of sulfonamides is 1. The molecule has 0 aliphatic carbocycles. The van der Waals surface area contributed by atoms with Crippen molar-refractivity contribution in [1.29, 1.82) is 0 Å². The molecule has 3 rings (SSSR count). The van der Waals surface area contributed by atoms with Gasteiger partial charge in [-0.05, 0) is 49.7 Å². The number of para-hydroxylation sites is 1. The number of furan rings is 1. The Bertz CT molecular complexity index is 1000. The van der Waals surface area contributed by atoms with Gasteiger partial charge in [-0.3, -0.25) is 0 Å². The van der Waals surface area contributed by atoms with E-state index in [-0.39, 0.29) is 11.4 Å². The Labute approximate surface area is 152 Å². The van der Waals surface area contributed by atoms with E-state index in [2.05, 4.69) is 4.72 Å². The highest BCUT2D eigenvalue weighted by Crippen LogP contribution is 2.28. The lowest BCUT2D eigenvalue weighted by molar-refractivity contribution is 0.0412. The number of hydrogen-bond donors (Lipinski definition) is 2. The van der Waals surface area contributed by atoms with Gasteiger partial charge in [-0.2, -0.15) is 0 Å². The zero-order chi connectivity index (χ0) is 18.9. The van der Waals surface area contributed by atoms with Gasteiger partial charge in [0.2, 0.25) is 10.0 Å². The molecule has 0 saturated carbocycles. The summed E-state index contributed by atoms with van der Waals surface area (Å²) in [5, 5.41) is 11.6. The lowest BCUT2D eigenvalue weighted by Gasteiger charge is -2.21. The smallest absolute Gasteiger partial charge is 0.240 e. The summed E-state index contributed by atoms with van der Waals surface area (Å²) < 4.78 is 38.4. The van der Waals surface area contributed by atoms with E-state index in [1.807, 2.05) is 18.2 Å². The average Bonchev–Trinajstić information content (AvgIpc) is 3.05. The van der Waals surface area contributed by atoms with E-state index < -0.39 is 15.6 Å². The third-order valence-corrected chi connectivity index (χ3v) is 5.80. The molecule has 7 heteroatoms. The Hall–Kier alpha value is -2.35. The molecule has 1 heterocycles. The highest BCUT2D eigenvalue weighted by atomic mass is 32.2. The lowest BCUT2D eigenvalue weighted by Crippen LogP contribution is -2.38. The SMILES string of the molecule is COc1ccc(S(=O)(=O)NCC(C)(O)c2cc3ccccc3o2)c(C)c1. The summed E-state index contributed by atoms with van der Waals surface area (Å²) in [5.41, 5.74) is -0.302. The third-order valence-electron chi connectivity index (χ3n) is 4.23. The largest absolute Gasteiger partial charge is 0.497 e. The number of ether oxygens (including phenoxy) is 1. The molecule has 1 atom stereocenters. The molecule has 0 fully saturated rings. The molecule has 26 heavy (non-hydrogen) atoms. The van der Waals surface area contributed by atoms with E-state index in [0.717, 1.165) is 5.39 Å². The van der Waals surface area contributed by atoms with Crippen molar-refractivity contribution in [2.45, 2.75) is 24.3 Å². The number of methoxy groups -OCH3 is 1. The molecule has 0 bridgehead atoms. The summed E-state index contributed by atoms with van der Waals surface area (Å²) in [4.78, 5) is 0.138. The van der Waals surface area contributed by atoms with Crippen LogP contribution in [0.25, 0.3) is 11.0 Å². The maximum absolute atomic E-state index is 12.6. The minimum Gasteiger partial charge on any atom is -0.497 e. The van der Waals surface area contributed by atoms with E-state index in [9.17, 15) is 13.5 Å². The highest BCUT2D eigenvalue weighted by molar-refractivity contribution is 7.89. The number of nitrogens with one attached hydrogen (secondary N) is 1. The normalized spacial score (nSPS) is 14.3. The van der Waals surface area contributed by atoms with Crippen molar-refractivity contribution in [2.24, 2.45) is 0 Å². The summed E-state index contributed by atoms with van der Waals surface area (Å²) in [7, 11) is -2.27. The van der Waals surface area contributed by atoms with Crippen molar-refractivity contribution in [2.75, 3.05) is 13.7 Å². The van der Waals surface area contributed by atoms with Gasteiger partial charge in [0.1, 0.15) is 22.7 Å². The van der Waals surface area contributed by atoms with Gasteiger partial charge in [-0.25, -0.2) is 13.1 Å². The number of aliphatic hydroxyl groups is 1. The van der Waals surface area contributed by atoms with Crippen molar-refractivity contribution < 1.29 is 22.7 Å². The fourth-order valence-corrected chi connectivity index (χ4v) is 4.05. The van der Waals surface area contributed by atoms with Crippen molar-refractivity contribution >= 4 is 21.0 Å². The van der Waals surface area contributed by atoms with Crippen LogP contribution in [0.1, 0.15) is 18.2 Å². The number of hydrogen-bond acceptors (Lipinski definition) is 5. The van der Waals surface area contributed by atoms with E-state index in [1.165, 1.54) is 20.1 Å². The monoisotopic (exact) mass is 375 g/mol. The Morgan fingerprint density at radius 1 is 1.19 bits per heavy atom. The van der Waals surface area contributed by atoms with Crippen LogP contribution in [0.3, 0.4) is 0 Å². The van der Waals surface area contributed by atoms with E-state index in [4.69, 9.17) is 9.15 Å². The first-order chi connectivity index (χ1) is 12.2. The summed E-state index contributed by atoms with van der Waals surface area (Å²) >= 11 is 0. The Kier molecular flexibility index (Phi) is 4.79. The first-order valence-corrected chi connectivity index (χ1v) is 9.57. The molecule has 0 aliphatic rings. The van der Waals surface area contributed by atoms with Gasteiger partial charge in [0.25, 0.3) is 0 Å². The summed E-state index contributed by atoms with van der Waals surface area (Å²) in [6.45, 7) is 2.98. The molecule has 0 radical (unpaired) electrons. The van der Waals surface area contributed by atoms with Crippen LogP contribution < -0.4 is 9.46 Å². The molecule has 1 aromatic heterocycles. The van der Waals surface area contributed by atoms with Gasteiger partial charge in [-0.1, -0.05) is 18.2 Å². The number of aryl methyl sites for hydroxylation is 1. The van der Waals surface area contributed by atoms with Crippen LogP contribution in [0.4, 0.5) is 0 Å². The number of benzene rings is 2. The third kappa shape index (κ3) is 3.60. The molecule has 3 aromatic rings. The fraction of sp³-hybridized carbons (Fsp3) is 0.263. The predicted molar refractivity (Wildman–Crippen MR) is 98.7 cm³/mol. The van der Waals surface area contributed by atoms with E-state index in [0.29, 0.717) is 22.7 Å². The van der Waals surface area contributed by atoms with Crippen molar-refractivity contribution in [3.05, 3.63) is 59.9 Å². The quantitative estimate of drug-likeness (QED) is 0.691. The van der Waals surface area contributed by atoms with Gasteiger partial charge in [-0.15, -0.1) is 0 Å². The molecule has 6 nitrogen and oxygen atoms in total. The maximum atomic E-state index is 12.6. The minimum atomic E-state index is -3.79. The van der Waals surface area contributed by atoms with Gasteiger partial charge in [0, 0.05) is 11.9 Å². The molecule has 0 amide bonds. The van der Waals surface area contributed by atoms with Crippen molar-refractivity contribution in [3.63, 3.8) is 0 Å². The van der Waals surface area contributed by atoms with Crippen LogP contribution in [0.5, 0.6) is 5.75 Å². The van der Waals surface area contributed by atoms with Crippen LogP contribution >= 0.6 is 0 Å². The van der Waals surface area contributed by atoms with Crippen LogP contribution in [0, 0.1) is 6.92 Å². The first-order valence-electron chi connectivity index (χ1n) is 8.09. The van der Waals surface area contributed by atoms with E-state index in [1.54, 1.807) is 31.2 Å². The summed E-state index contributed by atoms with van der Waals surface area (Å²) in [5.74, 6) is 0.878. The molecule has 138 valence electrons. The first kappa shape index (κ1) is 18.4. The number of rotatable bonds is 6. The van der Waals surface area contributed by atoms with Gasteiger partial charge in [0.05, 0.1) is 12.0 Å². The van der Waals surface area contributed by atoms with Crippen LogP contribution in [-0.4, -0.2) is 27.2 Å². The Morgan fingerprint density at radius 3 is 2.58 bits per heavy atom. The van der Waals surface area contributed by atoms with Gasteiger partial charge in [0.15, 0.2) is 0 Å². The van der Waals surface area contributed by atoms with Crippen LogP contribution in [-0.2, 0) is 15.6 Å². The standard InChI is InChI=1S/C19H21NO5S/c1-13-10-15(24-3)8-9-17(13)26(22,23)20-12-19(2,21)18-11-14-6-4-5-7-16(14)25-18/h4-11,20-21H,12H2,1-3H3. The Balaban J connectivity index is 1.82. The summed E-state index contributed by atoms with van der Waals surface area (Å²) in [6, 6.07) is 13.8. The summed E-state index contributed by atoms with van der Waals surface area (Å²) in [6.07, 6.45) is 0. The molecular weight excluding hydrogens is 354 g/mol. The molecule has 2 N–H and O–H groups in total. The molecular formula is C19H21NO5S. The second kappa shape index (κ2) is 6.75. The molecule has 1 unspecified atom stereocenters. The zero-order valence-corrected chi connectivity index (χ0v) is 15.6. The lowest BCUT2D eigenvalue weighted by atomic mass is 10.0. The second-order valence-corrected chi connectivity index (χ2v) is 8.11. The maximum Gasteiger partial charge on any atom is 0.240 e. The zero-order valence-electron chi connectivity index (χ0n) is 14.8. The topological polar surface area (TPSA) is 88.8 Å². The van der Waals surface area contributed by atoms with Gasteiger partial charge >= 0.3 is 0 Å². The van der Waals surface area contributed by atoms with Crippen LogP contribution in [0.15, 0.2) is 57.8 Å². The van der Waals surface area contributed by atoms with Crippen molar-refractivity contribution in [1.82, 2.24) is 4.72 Å². The van der Waals surface area contributed by atoms with E-state index >= 15 is 0 Å². The molecule has 0 spiro atoms. The van der Waals surface area contributed by atoms with Crippen LogP contribution in [0.2, 0.25) is 0 Å². The average molecular weight is 375 g/mol. The van der Waals surface area contributed by atoms with Gasteiger partial charge < -0.3 is 14.3 Å². The second-order valence-electron chi connectivity index (χ2n) is 6.38.